The average molecular weight is 549 g/mol. The van der Waals surface area contributed by atoms with Crippen LogP contribution in [0.2, 0.25) is 0 Å². The van der Waals surface area contributed by atoms with E-state index < -0.39 is 30.4 Å². The number of aromatic nitrogens is 4. The van der Waals surface area contributed by atoms with Crippen LogP contribution < -0.4 is 26.6 Å². The quantitative estimate of drug-likeness (QED) is 0.182. The maximum atomic E-state index is 12.8. The van der Waals surface area contributed by atoms with Gasteiger partial charge in [-0.15, -0.1) is 0 Å². The summed E-state index contributed by atoms with van der Waals surface area (Å²) in [6.07, 6.45) is -1.43. The largest absolute Gasteiger partial charge is 0.387 e. The number of imidazole rings is 1. The molecule has 39 heavy (non-hydrogen) atoms. The number of ether oxygens (including phenoxy) is 1. The Labute approximate surface area is 227 Å². The van der Waals surface area contributed by atoms with Gasteiger partial charge in [-0.3, -0.25) is 14.2 Å². The van der Waals surface area contributed by atoms with Crippen LogP contribution in [0.1, 0.15) is 26.0 Å². The van der Waals surface area contributed by atoms with Crippen LogP contribution in [0.15, 0.2) is 12.7 Å². The summed E-state index contributed by atoms with van der Waals surface area (Å²) < 4.78 is 7.27. The monoisotopic (exact) mass is 548 g/mol. The van der Waals surface area contributed by atoms with Gasteiger partial charge in [-0.25, -0.2) is 15.0 Å². The van der Waals surface area contributed by atoms with Gasteiger partial charge in [-0.05, 0) is 6.42 Å². The molecule has 0 bridgehead atoms. The van der Waals surface area contributed by atoms with E-state index in [9.17, 15) is 19.8 Å². The molecule has 0 aliphatic carbocycles. The van der Waals surface area contributed by atoms with E-state index in [2.05, 4.69) is 41.5 Å². The van der Waals surface area contributed by atoms with Crippen LogP contribution in [-0.4, -0.2) is 130 Å². The number of hydrogen-bond donors (Lipinski definition) is 7. The number of nitrogens with one attached hydrogen (secondary N) is 5. The fourth-order valence-electron chi connectivity index (χ4n) is 4.59. The van der Waals surface area contributed by atoms with E-state index in [-0.39, 0.29) is 18.9 Å². The highest BCUT2D eigenvalue weighted by atomic mass is 16.6. The molecule has 15 nitrogen and oxygen atoms in total. The zero-order valence-corrected chi connectivity index (χ0v) is 22.3. The van der Waals surface area contributed by atoms with Gasteiger partial charge in [-0.1, -0.05) is 6.92 Å². The van der Waals surface area contributed by atoms with Crippen molar-refractivity contribution in [1.29, 1.82) is 0 Å². The van der Waals surface area contributed by atoms with Gasteiger partial charge in [-0.2, -0.15) is 0 Å². The summed E-state index contributed by atoms with van der Waals surface area (Å²) in [7, 11) is 0. The van der Waals surface area contributed by atoms with E-state index in [1.807, 2.05) is 6.92 Å². The molecule has 7 N–H and O–H groups in total. The third kappa shape index (κ3) is 7.38. The first-order valence-electron chi connectivity index (χ1n) is 13.6. The van der Waals surface area contributed by atoms with Gasteiger partial charge >= 0.3 is 0 Å². The van der Waals surface area contributed by atoms with Crippen molar-refractivity contribution in [2.45, 2.75) is 44.3 Å². The predicted octanol–water partition coefficient (Wildman–Crippen LogP) is -2.62. The van der Waals surface area contributed by atoms with Crippen molar-refractivity contribution in [3.8, 4) is 0 Å². The Balaban J connectivity index is 1.31. The first-order valence-corrected chi connectivity index (χ1v) is 13.6. The lowest BCUT2D eigenvalue weighted by Crippen LogP contribution is -2.46. The minimum absolute atomic E-state index is 0.0723. The van der Waals surface area contributed by atoms with E-state index >= 15 is 0 Å². The Kier molecular flexibility index (Phi) is 10.8. The number of anilines is 1. The van der Waals surface area contributed by atoms with Crippen molar-refractivity contribution in [2.75, 3.05) is 70.8 Å². The van der Waals surface area contributed by atoms with Crippen LogP contribution in [0, 0.1) is 0 Å². The van der Waals surface area contributed by atoms with Gasteiger partial charge in [0.25, 0.3) is 5.91 Å². The molecular weight excluding hydrogens is 508 g/mol. The Bertz CT molecular complexity index is 1070. The van der Waals surface area contributed by atoms with Crippen molar-refractivity contribution in [2.24, 2.45) is 0 Å². The summed E-state index contributed by atoms with van der Waals surface area (Å²) in [5.74, 6) is -0.129. The van der Waals surface area contributed by atoms with Crippen molar-refractivity contribution in [3.63, 3.8) is 0 Å². The number of hydrogen-bond acceptors (Lipinski definition) is 12. The van der Waals surface area contributed by atoms with Crippen molar-refractivity contribution in [3.05, 3.63) is 12.7 Å². The number of aliphatic hydroxyl groups is 2. The van der Waals surface area contributed by atoms with Gasteiger partial charge in [0.15, 0.2) is 29.3 Å². The molecular formula is C24H40N10O5. The molecule has 0 unspecified atom stereocenters. The van der Waals surface area contributed by atoms with Crippen LogP contribution in [0.25, 0.3) is 11.2 Å². The molecule has 4 rings (SSSR count). The Morgan fingerprint density at radius 3 is 2.38 bits per heavy atom. The Hall–Kier alpha value is -2.95. The first kappa shape index (κ1) is 29.0. The second-order valence-electron chi connectivity index (χ2n) is 9.57. The van der Waals surface area contributed by atoms with Gasteiger partial charge in [0.1, 0.15) is 18.5 Å². The maximum absolute atomic E-state index is 12.8. The number of nitrogens with zero attached hydrogens (tertiary/aromatic N) is 5. The van der Waals surface area contributed by atoms with E-state index in [0.717, 1.165) is 32.6 Å². The zero-order valence-electron chi connectivity index (χ0n) is 22.3. The summed E-state index contributed by atoms with van der Waals surface area (Å²) >= 11 is 0. The van der Waals surface area contributed by atoms with Crippen molar-refractivity contribution < 1.29 is 24.5 Å². The highest BCUT2D eigenvalue weighted by molar-refractivity contribution is 5.84. The fourth-order valence-corrected chi connectivity index (χ4v) is 4.59. The van der Waals surface area contributed by atoms with E-state index in [0.29, 0.717) is 49.7 Å². The van der Waals surface area contributed by atoms with Gasteiger partial charge in [0.2, 0.25) is 5.91 Å². The molecule has 2 fully saturated rings. The number of carbonyl (C=O) groups is 2. The average Bonchev–Trinajstić information content (AvgIpc) is 3.48. The van der Waals surface area contributed by atoms with Crippen LogP contribution >= 0.6 is 0 Å². The first-order chi connectivity index (χ1) is 19.0. The van der Waals surface area contributed by atoms with E-state index in [4.69, 9.17) is 4.74 Å². The topological polar surface area (TPSA) is 191 Å². The maximum Gasteiger partial charge on any atom is 0.252 e. The normalized spacial score (nSPS) is 25.2. The smallest absolute Gasteiger partial charge is 0.252 e. The van der Waals surface area contributed by atoms with E-state index in [1.165, 1.54) is 17.2 Å². The lowest BCUT2D eigenvalue weighted by molar-refractivity contribution is -0.138. The second-order valence-corrected chi connectivity index (χ2v) is 9.57. The Morgan fingerprint density at radius 2 is 1.69 bits per heavy atom. The number of aliphatic hydroxyl groups excluding tert-OH is 2. The molecule has 2 aliphatic rings. The number of fused-ring (bicyclic) bond motifs is 1. The molecule has 2 aromatic rings. The molecule has 4 heterocycles. The molecule has 2 aromatic heterocycles. The molecule has 4 atom stereocenters. The van der Waals surface area contributed by atoms with Crippen LogP contribution in [-0.2, 0) is 14.3 Å². The summed E-state index contributed by atoms with van der Waals surface area (Å²) in [5, 5.41) is 37.1. The molecule has 0 radical (unpaired) electrons. The van der Waals surface area contributed by atoms with Crippen molar-refractivity contribution >= 4 is 28.8 Å². The Morgan fingerprint density at radius 1 is 1.00 bits per heavy atom. The summed E-state index contributed by atoms with van der Waals surface area (Å²) in [4.78, 5) is 40.2. The lowest BCUT2D eigenvalue weighted by atomic mass is 10.1. The van der Waals surface area contributed by atoms with Crippen LogP contribution in [0.4, 0.5) is 5.82 Å². The van der Waals surface area contributed by atoms with E-state index in [1.54, 1.807) is 4.90 Å². The van der Waals surface area contributed by atoms with Gasteiger partial charge < -0.3 is 46.4 Å². The third-order valence-electron chi connectivity index (χ3n) is 6.74. The van der Waals surface area contributed by atoms with Gasteiger partial charge in [0, 0.05) is 71.9 Å². The predicted molar refractivity (Wildman–Crippen MR) is 143 cm³/mol. The highest BCUT2D eigenvalue weighted by Gasteiger charge is 2.47. The zero-order chi connectivity index (χ0) is 27.6. The standard InChI is InChI=1S/C24H40N10O5/c1-2-4-28-21-17-22(31-14-30-21)34(15-32-17)24-19(37)18(36)20(39-24)23(38)29-5-3-16(35)33-12-10-26-8-6-25-7-9-27-11-13-33/h14-15,18-20,24-27,36-37H,2-13H2,1H3,(H,29,38)(H,28,30,31)/t18-,19+,20-,24+/m0/s1. The molecule has 15 heteroatoms. The van der Waals surface area contributed by atoms with Crippen LogP contribution in [0.3, 0.4) is 0 Å². The SMILES string of the molecule is CCCNc1ncnc2c1ncn2[C@@H]1O[C@H](C(=O)NCCC(=O)N2CCNCCNCCNCC2)[C@@H](O)[C@H]1O. The summed E-state index contributed by atoms with van der Waals surface area (Å²) in [6, 6.07) is 0. The molecule has 2 aliphatic heterocycles. The highest BCUT2D eigenvalue weighted by Crippen LogP contribution is 2.32. The third-order valence-corrected chi connectivity index (χ3v) is 6.74. The second kappa shape index (κ2) is 14.4. The minimum atomic E-state index is -1.47. The molecule has 216 valence electrons. The number of rotatable bonds is 8. The van der Waals surface area contributed by atoms with Gasteiger partial charge in [0.05, 0.1) is 6.33 Å². The summed E-state index contributed by atoms with van der Waals surface area (Å²) in [6.45, 7) is 8.73. The molecule has 0 spiro atoms. The molecule has 2 amide bonds. The summed E-state index contributed by atoms with van der Waals surface area (Å²) in [5.41, 5.74) is 0.893. The number of carbonyl (C=O) groups excluding carboxylic acids is 2. The lowest BCUT2D eigenvalue weighted by Gasteiger charge is -2.24. The molecule has 0 saturated carbocycles. The van der Waals surface area contributed by atoms with Crippen molar-refractivity contribution in [1.82, 2.24) is 45.7 Å². The molecule has 0 aromatic carbocycles. The molecule has 2 saturated heterocycles. The number of amides is 2. The minimum Gasteiger partial charge on any atom is -0.387 e. The van der Waals surface area contributed by atoms with Crippen LogP contribution in [0.5, 0.6) is 0 Å². The fraction of sp³-hybridized carbons (Fsp3) is 0.708.